The number of aryl methyl sites for hydroxylation is 1. The summed E-state index contributed by atoms with van der Waals surface area (Å²) in [5, 5.41) is 10.3. The van der Waals surface area contributed by atoms with Gasteiger partial charge in [-0.25, -0.2) is 0 Å². The third-order valence-electron chi connectivity index (χ3n) is 5.93. The Kier molecular flexibility index (Phi) is 4.78. The first kappa shape index (κ1) is 19.1. The molecule has 2 atom stereocenters. The molecule has 2 heterocycles. The monoisotopic (exact) mass is 383 g/mol. The van der Waals surface area contributed by atoms with E-state index in [2.05, 4.69) is 12.1 Å². The average molecular weight is 383 g/mol. The molecule has 1 unspecified atom stereocenters. The average Bonchev–Trinajstić information content (AvgIpc) is 3.11. The number of hydrogen-bond acceptors (Lipinski definition) is 4. The van der Waals surface area contributed by atoms with E-state index in [9.17, 15) is 9.90 Å². The second-order valence-corrected chi connectivity index (χ2v) is 8.26. The van der Waals surface area contributed by atoms with E-state index in [1.54, 1.807) is 19.9 Å². The van der Waals surface area contributed by atoms with Crippen molar-refractivity contribution in [2.75, 3.05) is 19.9 Å². The van der Waals surface area contributed by atoms with Crippen molar-refractivity contribution in [2.24, 2.45) is 0 Å². The van der Waals surface area contributed by atoms with Crippen molar-refractivity contribution >= 4 is 5.91 Å². The molecule has 0 bridgehead atoms. The topological polar surface area (TPSA) is 59.0 Å². The van der Waals surface area contributed by atoms with Crippen molar-refractivity contribution < 1.29 is 20.8 Å². The fourth-order valence-corrected chi connectivity index (χ4v) is 4.46. The summed E-state index contributed by atoms with van der Waals surface area (Å²) in [6.45, 7) is 6.79. The van der Waals surface area contributed by atoms with Crippen LogP contribution in [0.1, 0.15) is 48.7 Å². The number of fused-ring (bicyclic) bond motifs is 1. The number of piperidine rings is 1. The van der Waals surface area contributed by atoms with Gasteiger partial charge in [-0.15, -0.1) is 0 Å². The van der Waals surface area contributed by atoms with Crippen LogP contribution < -0.4 is 0 Å². The predicted octanol–water partition coefficient (Wildman–Crippen LogP) is 3.58. The molecule has 4 rings (SSSR count). The lowest BCUT2D eigenvalue weighted by molar-refractivity contribution is -0.0439. The van der Waals surface area contributed by atoms with Gasteiger partial charge in [0.1, 0.15) is 18.5 Å². The first-order chi connectivity index (χ1) is 13.3. The zero-order valence-corrected chi connectivity index (χ0v) is 16.6. The summed E-state index contributed by atoms with van der Waals surface area (Å²) in [5.74, 6) is -0.0115. The van der Waals surface area contributed by atoms with Gasteiger partial charge in [0, 0.05) is 20.0 Å². The van der Waals surface area contributed by atoms with E-state index in [0.717, 1.165) is 16.7 Å². The van der Waals surface area contributed by atoms with Crippen LogP contribution in [-0.2, 0) is 20.7 Å². The zero-order valence-electron chi connectivity index (χ0n) is 16.6. The molecule has 0 radical (unpaired) electrons. The molecule has 150 valence electrons. The largest absolute Gasteiger partial charge is 0.386 e. The molecule has 0 saturated carbocycles. The van der Waals surface area contributed by atoms with Gasteiger partial charge in [-0.2, -0.15) is 0 Å². The number of amides is 1. The van der Waals surface area contributed by atoms with Crippen molar-refractivity contribution in [1.29, 1.82) is 0 Å². The summed E-state index contributed by atoms with van der Waals surface area (Å²) in [6.07, 6.45) is 0.526. The van der Waals surface area contributed by atoms with E-state index in [1.807, 2.05) is 42.2 Å². The van der Waals surface area contributed by atoms with Crippen LogP contribution >= 0.6 is 0 Å². The quantitative estimate of drug-likeness (QED) is 0.880. The van der Waals surface area contributed by atoms with Crippen molar-refractivity contribution in [3.63, 3.8) is 0 Å². The Balaban J connectivity index is 0.00000240. The highest BCUT2D eigenvalue weighted by Gasteiger charge is 2.51. The number of rotatable bonds is 3. The second kappa shape index (κ2) is 6.99. The highest BCUT2D eigenvalue weighted by atomic mass is 16.7. The van der Waals surface area contributed by atoms with Crippen LogP contribution in [0.3, 0.4) is 0 Å². The molecular weight excluding hydrogens is 354 g/mol. The van der Waals surface area contributed by atoms with E-state index < -0.39 is 11.2 Å². The summed E-state index contributed by atoms with van der Waals surface area (Å²) in [7, 11) is 0. The number of benzene rings is 2. The van der Waals surface area contributed by atoms with Gasteiger partial charge in [0.15, 0.2) is 0 Å². The van der Waals surface area contributed by atoms with Gasteiger partial charge in [0.25, 0.3) is 5.91 Å². The van der Waals surface area contributed by atoms with Crippen molar-refractivity contribution in [1.82, 2.24) is 4.90 Å². The SMILES string of the molecule is Cc1cc(C(=O)N2CC[C@]3(c4ccccc4)OCOC3C2)ccc1C(C)(C)O.[HH]. The highest BCUT2D eigenvalue weighted by Crippen LogP contribution is 2.42. The Labute approximate surface area is 167 Å². The zero-order chi connectivity index (χ0) is 19.9. The summed E-state index contributed by atoms with van der Waals surface area (Å²) in [5.41, 5.74) is 2.08. The maximum atomic E-state index is 13.1. The number of carbonyl (C=O) groups is 1. The number of hydrogen-bond donors (Lipinski definition) is 1. The molecule has 28 heavy (non-hydrogen) atoms. The predicted molar refractivity (Wildman–Crippen MR) is 108 cm³/mol. The van der Waals surface area contributed by atoms with E-state index in [-0.39, 0.29) is 20.2 Å². The second-order valence-electron chi connectivity index (χ2n) is 8.26. The smallest absolute Gasteiger partial charge is 0.253 e. The molecule has 2 aromatic carbocycles. The summed E-state index contributed by atoms with van der Waals surface area (Å²) in [6, 6.07) is 15.6. The number of carbonyl (C=O) groups excluding carboxylic acids is 1. The lowest BCUT2D eigenvalue weighted by Crippen LogP contribution is -2.53. The van der Waals surface area contributed by atoms with Crippen LogP contribution in [0.2, 0.25) is 0 Å². The Bertz CT molecular complexity index is 880. The Morgan fingerprint density at radius 2 is 2.00 bits per heavy atom. The number of nitrogens with zero attached hydrogens (tertiary/aromatic N) is 1. The first-order valence-electron chi connectivity index (χ1n) is 9.75. The molecule has 1 amide bonds. The Morgan fingerprint density at radius 1 is 1.25 bits per heavy atom. The molecule has 2 aliphatic rings. The molecule has 2 aromatic rings. The van der Waals surface area contributed by atoms with Gasteiger partial charge in [-0.1, -0.05) is 36.4 Å². The minimum atomic E-state index is -0.929. The fourth-order valence-electron chi connectivity index (χ4n) is 4.46. The fraction of sp³-hybridized carbons (Fsp3) is 0.435. The standard InChI is InChI=1S/C23H27NO4.H2/c1-16-13-17(9-10-19(16)22(2,3)26)21(25)24-12-11-23(18-7-5-4-6-8-18)20(14-24)27-15-28-23;/h4-10,13,20,26H,11-12,14-15H2,1-3H3;1H/t20?,23-;/m1./s1. The number of aliphatic hydroxyl groups is 1. The molecule has 1 N–H and O–H groups in total. The number of ether oxygens (including phenoxy) is 2. The van der Waals surface area contributed by atoms with Crippen molar-refractivity contribution in [3.8, 4) is 0 Å². The lowest BCUT2D eigenvalue weighted by atomic mass is 9.82. The molecule has 0 spiro atoms. The summed E-state index contributed by atoms with van der Waals surface area (Å²) >= 11 is 0. The number of likely N-dealkylation sites (tertiary alicyclic amines) is 1. The van der Waals surface area contributed by atoms with Crippen LogP contribution in [0.5, 0.6) is 0 Å². The third-order valence-corrected chi connectivity index (χ3v) is 5.93. The molecule has 0 aliphatic carbocycles. The van der Waals surface area contributed by atoms with E-state index in [0.29, 0.717) is 25.1 Å². The molecule has 5 heteroatoms. The van der Waals surface area contributed by atoms with Gasteiger partial charge in [0.2, 0.25) is 0 Å². The first-order valence-corrected chi connectivity index (χ1v) is 9.75. The van der Waals surface area contributed by atoms with Crippen LogP contribution in [0.4, 0.5) is 0 Å². The van der Waals surface area contributed by atoms with E-state index in [1.165, 1.54) is 0 Å². The van der Waals surface area contributed by atoms with Crippen LogP contribution in [0, 0.1) is 6.92 Å². The van der Waals surface area contributed by atoms with Crippen LogP contribution in [0.25, 0.3) is 0 Å². The van der Waals surface area contributed by atoms with Gasteiger partial charge >= 0.3 is 0 Å². The van der Waals surface area contributed by atoms with Gasteiger partial charge < -0.3 is 19.5 Å². The lowest BCUT2D eigenvalue weighted by Gasteiger charge is -2.42. The van der Waals surface area contributed by atoms with Crippen LogP contribution in [-0.4, -0.2) is 41.9 Å². The van der Waals surface area contributed by atoms with E-state index in [4.69, 9.17) is 9.47 Å². The minimum Gasteiger partial charge on any atom is -0.386 e. The Morgan fingerprint density at radius 3 is 2.68 bits per heavy atom. The van der Waals surface area contributed by atoms with Crippen molar-refractivity contribution in [3.05, 3.63) is 70.8 Å². The maximum Gasteiger partial charge on any atom is 0.253 e. The molecule has 5 nitrogen and oxygen atoms in total. The molecule has 0 aromatic heterocycles. The molecule has 2 fully saturated rings. The molecule has 2 saturated heterocycles. The molecular formula is C23H29NO4. The van der Waals surface area contributed by atoms with Gasteiger partial charge in [0.05, 0.1) is 12.1 Å². The summed E-state index contributed by atoms with van der Waals surface area (Å²) < 4.78 is 11.9. The van der Waals surface area contributed by atoms with Crippen molar-refractivity contribution in [2.45, 2.75) is 44.5 Å². The van der Waals surface area contributed by atoms with Crippen LogP contribution in [0.15, 0.2) is 48.5 Å². The van der Waals surface area contributed by atoms with Gasteiger partial charge in [-0.05, 0) is 49.6 Å². The van der Waals surface area contributed by atoms with Gasteiger partial charge in [-0.3, -0.25) is 4.79 Å². The maximum absolute atomic E-state index is 13.1. The normalized spacial score (nSPS) is 24.9. The third kappa shape index (κ3) is 3.24. The highest BCUT2D eigenvalue weighted by molar-refractivity contribution is 5.94. The Hall–Kier alpha value is -2.21. The molecule has 2 aliphatic heterocycles. The summed E-state index contributed by atoms with van der Waals surface area (Å²) in [4.78, 5) is 15.0. The van der Waals surface area contributed by atoms with E-state index >= 15 is 0 Å². The minimum absolute atomic E-state index is 0.